The molecule has 0 amide bonds. The van der Waals surface area contributed by atoms with Gasteiger partial charge in [-0.05, 0) is 6.07 Å². The van der Waals surface area contributed by atoms with Gasteiger partial charge >= 0.3 is 5.97 Å². The Morgan fingerprint density at radius 2 is 2.24 bits per heavy atom. The third-order valence-electron chi connectivity index (χ3n) is 2.07. The first-order valence-electron chi connectivity index (χ1n) is 4.94. The molecule has 0 fully saturated rings. The Bertz CT molecular complexity index is 496. The number of hydrogen-bond donors (Lipinski definition) is 1. The van der Waals surface area contributed by atoms with Crippen molar-refractivity contribution in [1.82, 2.24) is 10.1 Å². The average Bonchev–Trinajstić information content (AvgIpc) is 2.80. The second kappa shape index (κ2) is 5.11. The highest BCUT2D eigenvalue weighted by Crippen LogP contribution is 2.19. The van der Waals surface area contributed by atoms with E-state index >= 15 is 0 Å². The van der Waals surface area contributed by atoms with Gasteiger partial charge in [0.05, 0.1) is 6.42 Å². The SMILES string of the molecule is O=C(O)Cc1ccccc1OCc1ncno1. The van der Waals surface area contributed by atoms with Gasteiger partial charge in [-0.15, -0.1) is 0 Å². The lowest BCUT2D eigenvalue weighted by Gasteiger charge is -2.07. The van der Waals surface area contributed by atoms with E-state index in [0.29, 0.717) is 17.2 Å². The number of nitrogens with zero attached hydrogens (tertiary/aromatic N) is 2. The van der Waals surface area contributed by atoms with Gasteiger partial charge < -0.3 is 14.4 Å². The maximum absolute atomic E-state index is 10.7. The number of rotatable bonds is 5. The van der Waals surface area contributed by atoms with E-state index in [4.69, 9.17) is 14.4 Å². The van der Waals surface area contributed by atoms with E-state index in [9.17, 15) is 4.79 Å². The monoisotopic (exact) mass is 234 g/mol. The third-order valence-corrected chi connectivity index (χ3v) is 2.07. The molecule has 1 heterocycles. The predicted octanol–water partition coefficient (Wildman–Crippen LogP) is 1.28. The molecular weight excluding hydrogens is 224 g/mol. The van der Waals surface area contributed by atoms with Gasteiger partial charge in [0.15, 0.2) is 12.9 Å². The molecule has 1 aromatic heterocycles. The number of aromatic nitrogens is 2. The summed E-state index contributed by atoms with van der Waals surface area (Å²) < 4.78 is 10.2. The van der Waals surface area contributed by atoms with Crippen LogP contribution in [-0.2, 0) is 17.8 Å². The molecule has 0 spiro atoms. The zero-order chi connectivity index (χ0) is 12.1. The van der Waals surface area contributed by atoms with Crippen molar-refractivity contribution in [3.05, 3.63) is 42.0 Å². The van der Waals surface area contributed by atoms with Crippen molar-refractivity contribution >= 4 is 5.97 Å². The van der Waals surface area contributed by atoms with Crippen LogP contribution in [0.4, 0.5) is 0 Å². The Balaban J connectivity index is 2.06. The van der Waals surface area contributed by atoms with Crippen LogP contribution in [0, 0.1) is 0 Å². The molecule has 0 radical (unpaired) electrons. The molecule has 17 heavy (non-hydrogen) atoms. The Morgan fingerprint density at radius 3 is 2.94 bits per heavy atom. The lowest BCUT2D eigenvalue weighted by Crippen LogP contribution is -2.04. The lowest BCUT2D eigenvalue weighted by molar-refractivity contribution is -0.136. The van der Waals surface area contributed by atoms with E-state index in [2.05, 4.69) is 10.1 Å². The lowest BCUT2D eigenvalue weighted by atomic mass is 10.1. The van der Waals surface area contributed by atoms with E-state index < -0.39 is 5.97 Å². The van der Waals surface area contributed by atoms with Gasteiger partial charge in [-0.3, -0.25) is 4.79 Å². The molecule has 0 saturated carbocycles. The fourth-order valence-corrected chi connectivity index (χ4v) is 1.35. The molecule has 0 unspecified atom stereocenters. The quantitative estimate of drug-likeness (QED) is 0.838. The van der Waals surface area contributed by atoms with Crippen molar-refractivity contribution in [2.45, 2.75) is 13.0 Å². The third kappa shape index (κ3) is 3.04. The summed E-state index contributed by atoms with van der Waals surface area (Å²) in [5, 5.41) is 12.2. The van der Waals surface area contributed by atoms with Crippen molar-refractivity contribution in [3.8, 4) is 5.75 Å². The van der Waals surface area contributed by atoms with Crippen LogP contribution in [-0.4, -0.2) is 21.2 Å². The standard InChI is InChI=1S/C11H10N2O4/c14-11(15)5-8-3-1-2-4-9(8)16-6-10-12-7-13-17-10/h1-4,7H,5-6H2,(H,14,15). The van der Waals surface area contributed by atoms with Gasteiger partial charge in [-0.25, -0.2) is 0 Å². The van der Waals surface area contributed by atoms with Crippen molar-refractivity contribution in [1.29, 1.82) is 0 Å². The van der Waals surface area contributed by atoms with Crippen LogP contribution in [0.5, 0.6) is 5.75 Å². The summed E-state index contributed by atoms with van der Waals surface area (Å²) in [6.45, 7) is 0.122. The summed E-state index contributed by atoms with van der Waals surface area (Å²) >= 11 is 0. The summed E-state index contributed by atoms with van der Waals surface area (Å²) in [5.74, 6) is -0.0536. The number of carboxylic acid groups (broad SMARTS) is 1. The Hall–Kier alpha value is -2.37. The highest BCUT2D eigenvalue weighted by atomic mass is 16.5. The minimum Gasteiger partial charge on any atom is -0.483 e. The fourth-order valence-electron chi connectivity index (χ4n) is 1.35. The average molecular weight is 234 g/mol. The first-order valence-corrected chi connectivity index (χ1v) is 4.94. The predicted molar refractivity (Wildman–Crippen MR) is 56.4 cm³/mol. The van der Waals surface area contributed by atoms with Gasteiger partial charge in [-0.1, -0.05) is 23.4 Å². The molecule has 0 aliphatic carbocycles. The highest BCUT2D eigenvalue weighted by Gasteiger charge is 2.08. The molecule has 6 heteroatoms. The number of ether oxygens (including phenoxy) is 1. The van der Waals surface area contributed by atoms with Crippen LogP contribution in [0.3, 0.4) is 0 Å². The van der Waals surface area contributed by atoms with Gasteiger partial charge in [-0.2, -0.15) is 4.98 Å². The molecule has 0 bridgehead atoms. The van der Waals surface area contributed by atoms with Crippen molar-refractivity contribution in [2.24, 2.45) is 0 Å². The van der Waals surface area contributed by atoms with Crippen molar-refractivity contribution < 1.29 is 19.2 Å². The summed E-state index contributed by atoms with van der Waals surface area (Å²) in [6.07, 6.45) is 1.20. The molecule has 88 valence electrons. The van der Waals surface area contributed by atoms with Gasteiger partial charge in [0.25, 0.3) is 5.89 Å². The Labute approximate surface area is 96.8 Å². The number of para-hydroxylation sites is 1. The second-order valence-corrected chi connectivity index (χ2v) is 3.30. The number of carbonyl (C=O) groups is 1. The molecule has 0 saturated heterocycles. The molecule has 1 N–H and O–H groups in total. The largest absolute Gasteiger partial charge is 0.483 e. The Morgan fingerprint density at radius 1 is 1.41 bits per heavy atom. The molecule has 1 aromatic carbocycles. The number of carboxylic acids is 1. The topological polar surface area (TPSA) is 85.5 Å². The zero-order valence-electron chi connectivity index (χ0n) is 8.87. The smallest absolute Gasteiger partial charge is 0.307 e. The zero-order valence-corrected chi connectivity index (χ0v) is 8.87. The molecule has 2 aromatic rings. The molecular formula is C11H10N2O4. The molecule has 2 rings (SSSR count). The molecule has 6 nitrogen and oxygen atoms in total. The van der Waals surface area contributed by atoms with E-state index in [0.717, 1.165) is 0 Å². The summed E-state index contributed by atoms with van der Waals surface area (Å²) in [4.78, 5) is 14.5. The van der Waals surface area contributed by atoms with Gasteiger partial charge in [0.1, 0.15) is 5.75 Å². The summed E-state index contributed by atoms with van der Waals surface area (Å²) in [7, 11) is 0. The van der Waals surface area contributed by atoms with E-state index in [1.165, 1.54) is 6.33 Å². The van der Waals surface area contributed by atoms with Crippen LogP contribution < -0.4 is 4.74 Å². The van der Waals surface area contributed by atoms with Crippen molar-refractivity contribution in [2.75, 3.05) is 0 Å². The second-order valence-electron chi connectivity index (χ2n) is 3.30. The van der Waals surface area contributed by atoms with E-state index in [1.54, 1.807) is 24.3 Å². The van der Waals surface area contributed by atoms with Gasteiger partial charge in [0, 0.05) is 5.56 Å². The molecule has 0 aliphatic rings. The summed E-state index contributed by atoms with van der Waals surface area (Å²) in [5.41, 5.74) is 0.611. The minimum absolute atomic E-state index is 0.0833. The maximum atomic E-state index is 10.7. The van der Waals surface area contributed by atoms with E-state index in [-0.39, 0.29) is 13.0 Å². The fraction of sp³-hybridized carbons (Fsp3) is 0.182. The molecule has 0 aliphatic heterocycles. The van der Waals surface area contributed by atoms with E-state index in [1.807, 2.05) is 0 Å². The van der Waals surface area contributed by atoms with Crippen molar-refractivity contribution in [3.63, 3.8) is 0 Å². The highest BCUT2D eigenvalue weighted by molar-refractivity contribution is 5.71. The van der Waals surface area contributed by atoms with Crippen LogP contribution in [0.15, 0.2) is 35.1 Å². The van der Waals surface area contributed by atoms with Crippen LogP contribution >= 0.6 is 0 Å². The first-order chi connectivity index (χ1) is 8.25. The normalized spacial score (nSPS) is 10.1. The van der Waals surface area contributed by atoms with Gasteiger partial charge in [0.2, 0.25) is 0 Å². The summed E-state index contributed by atoms with van der Waals surface area (Å²) in [6, 6.07) is 6.94. The van der Waals surface area contributed by atoms with Crippen LogP contribution in [0.2, 0.25) is 0 Å². The molecule has 0 atom stereocenters. The minimum atomic E-state index is -0.904. The number of hydrogen-bond acceptors (Lipinski definition) is 5. The Kier molecular flexibility index (Phi) is 3.34. The maximum Gasteiger partial charge on any atom is 0.307 e. The first kappa shape index (κ1) is 11.1. The van der Waals surface area contributed by atoms with Crippen LogP contribution in [0.1, 0.15) is 11.5 Å². The number of aliphatic carboxylic acids is 1. The number of benzene rings is 1. The van der Waals surface area contributed by atoms with Crippen LogP contribution in [0.25, 0.3) is 0 Å².